The second kappa shape index (κ2) is 8.76. The van der Waals surface area contributed by atoms with Crippen molar-refractivity contribution in [3.8, 4) is 0 Å². The second-order valence-electron chi connectivity index (χ2n) is 4.93. The normalized spacial score (nSPS) is 10.8. The number of anilines is 2. The molecule has 0 bridgehead atoms. The Morgan fingerprint density at radius 3 is 2.75 bits per heavy atom. The summed E-state index contributed by atoms with van der Waals surface area (Å²) in [7, 11) is 4.09. The average Bonchev–Trinajstić information content (AvgIpc) is 2.76. The summed E-state index contributed by atoms with van der Waals surface area (Å²) in [5, 5.41) is 6.74. The third-order valence-corrected chi connectivity index (χ3v) is 3.73. The van der Waals surface area contributed by atoms with Crippen molar-refractivity contribution in [1.82, 2.24) is 15.2 Å². The first-order valence-corrected chi connectivity index (χ1v) is 7.79. The number of nitrogens with zero attached hydrogens (tertiary/aromatic N) is 2. The lowest BCUT2D eigenvalue weighted by Gasteiger charge is -2.09. The molecule has 1 aromatic rings. The van der Waals surface area contributed by atoms with Crippen LogP contribution in [0, 0.1) is 0 Å². The molecule has 0 atom stereocenters. The number of unbranched alkanes of at least 4 members (excludes halogenated alkanes) is 1. The third-order valence-electron chi connectivity index (χ3n) is 2.70. The van der Waals surface area contributed by atoms with Crippen molar-refractivity contribution in [3.63, 3.8) is 0 Å². The van der Waals surface area contributed by atoms with Crippen molar-refractivity contribution in [2.24, 2.45) is 0 Å². The lowest BCUT2D eigenvalue weighted by Crippen LogP contribution is -2.25. The molecular formula is C13H25N5OS. The van der Waals surface area contributed by atoms with E-state index in [1.165, 1.54) is 11.3 Å². The Kier molecular flexibility index (Phi) is 7.32. The van der Waals surface area contributed by atoms with E-state index >= 15 is 0 Å². The molecule has 7 heteroatoms. The minimum absolute atomic E-state index is 0.130. The lowest BCUT2D eigenvalue weighted by molar-refractivity contribution is 0.0957. The molecule has 0 aliphatic heterocycles. The largest absolute Gasteiger partial charge is 0.382 e. The summed E-state index contributed by atoms with van der Waals surface area (Å²) >= 11 is 1.31. The van der Waals surface area contributed by atoms with Gasteiger partial charge in [-0.05, 0) is 39.9 Å². The van der Waals surface area contributed by atoms with Crippen LogP contribution in [0.2, 0.25) is 0 Å². The Morgan fingerprint density at radius 1 is 1.35 bits per heavy atom. The molecule has 20 heavy (non-hydrogen) atoms. The lowest BCUT2D eigenvalue weighted by atomic mass is 10.3. The third kappa shape index (κ3) is 5.75. The molecule has 1 amide bonds. The van der Waals surface area contributed by atoms with Crippen LogP contribution in [0.3, 0.4) is 0 Å². The number of nitrogens with two attached hydrogens (primary N) is 1. The van der Waals surface area contributed by atoms with Crippen LogP contribution in [-0.2, 0) is 0 Å². The molecule has 1 heterocycles. The number of nitrogens with one attached hydrogen (secondary N) is 2. The molecule has 0 radical (unpaired) electrons. The molecule has 1 aromatic heterocycles. The van der Waals surface area contributed by atoms with Gasteiger partial charge in [-0.2, -0.15) is 0 Å². The van der Waals surface area contributed by atoms with Gasteiger partial charge in [0.2, 0.25) is 0 Å². The van der Waals surface area contributed by atoms with Gasteiger partial charge in [0.1, 0.15) is 10.7 Å². The van der Waals surface area contributed by atoms with Gasteiger partial charge in [-0.15, -0.1) is 0 Å². The van der Waals surface area contributed by atoms with Crippen LogP contribution in [0.15, 0.2) is 0 Å². The Bertz CT molecular complexity index is 419. The van der Waals surface area contributed by atoms with Crippen LogP contribution in [0.25, 0.3) is 0 Å². The molecule has 114 valence electrons. The van der Waals surface area contributed by atoms with Crippen molar-refractivity contribution in [1.29, 1.82) is 0 Å². The number of hydrogen-bond acceptors (Lipinski definition) is 6. The Balaban J connectivity index is 2.37. The zero-order chi connectivity index (χ0) is 15.0. The standard InChI is InChI=1S/C13H25N5OS/c1-4-7-16-13-17-11(14)10(20-13)12(19)15-8-5-6-9-18(2)3/h4-9,14H2,1-3H3,(H,15,19)(H,16,17). The highest BCUT2D eigenvalue weighted by Crippen LogP contribution is 2.24. The van der Waals surface area contributed by atoms with Crippen LogP contribution < -0.4 is 16.4 Å². The molecule has 4 N–H and O–H groups in total. The summed E-state index contributed by atoms with van der Waals surface area (Å²) in [6.45, 7) is 4.61. The van der Waals surface area contributed by atoms with Crippen LogP contribution in [0.4, 0.5) is 10.9 Å². The highest BCUT2D eigenvalue weighted by Gasteiger charge is 2.15. The van der Waals surface area contributed by atoms with Gasteiger partial charge in [0.15, 0.2) is 5.13 Å². The highest BCUT2D eigenvalue weighted by atomic mass is 32.1. The summed E-state index contributed by atoms with van der Waals surface area (Å²) in [5.41, 5.74) is 5.78. The molecule has 0 spiro atoms. The number of nitrogen functional groups attached to an aromatic ring is 1. The van der Waals surface area contributed by atoms with Crippen molar-refractivity contribution in [2.45, 2.75) is 26.2 Å². The molecule has 0 aliphatic rings. The fourth-order valence-electron chi connectivity index (χ4n) is 1.64. The monoisotopic (exact) mass is 299 g/mol. The first kappa shape index (κ1) is 16.7. The second-order valence-corrected chi connectivity index (χ2v) is 5.93. The highest BCUT2D eigenvalue weighted by molar-refractivity contribution is 7.18. The van der Waals surface area contributed by atoms with Gasteiger partial charge < -0.3 is 21.3 Å². The molecule has 0 fully saturated rings. The van der Waals surface area contributed by atoms with Gasteiger partial charge in [0, 0.05) is 13.1 Å². The predicted molar refractivity (Wildman–Crippen MR) is 85.4 cm³/mol. The predicted octanol–water partition coefficient (Wildman–Crippen LogP) is 1.62. The number of carbonyl (C=O) groups is 1. The molecule has 1 rings (SSSR count). The number of rotatable bonds is 9. The molecule has 6 nitrogen and oxygen atoms in total. The van der Waals surface area contributed by atoms with Crippen LogP contribution in [0.5, 0.6) is 0 Å². The van der Waals surface area contributed by atoms with Gasteiger partial charge >= 0.3 is 0 Å². The first-order chi connectivity index (χ1) is 9.54. The van der Waals surface area contributed by atoms with Crippen LogP contribution >= 0.6 is 11.3 Å². The maximum Gasteiger partial charge on any atom is 0.265 e. The van der Waals surface area contributed by atoms with Gasteiger partial charge in [-0.25, -0.2) is 4.98 Å². The Hall–Kier alpha value is -1.34. The Labute approximate surface area is 124 Å². The maximum absolute atomic E-state index is 12.0. The summed E-state index contributed by atoms with van der Waals surface area (Å²) in [4.78, 5) is 18.8. The number of hydrogen-bond donors (Lipinski definition) is 3. The van der Waals surface area contributed by atoms with Gasteiger partial charge in [0.05, 0.1) is 0 Å². The van der Waals surface area contributed by atoms with E-state index in [1.54, 1.807) is 0 Å². The summed E-state index contributed by atoms with van der Waals surface area (Å²) < 4.78 is 0. The zero-order valence-electron chi connectivity index (χ0n) is 12.5. The molecule has 0 saturated carbocycles. The minimum atomic E-state index is -0.130. The molecule has 0 unspecified atom stereocenters. The van der Waals surface area contributed by atoms with Crippen LogP contribution in [-0.4, -0.2) is 49.5 Å². The number of aromatic nitrogens is 1. The van der Waals surface area contributed by atoms with E-state index in [1.807, 2.05) is 14.1 Å². The average molecular weight is 299 g/mol. The summed E-state index contributed by atoms with van der Waals surface area (Å²) in [6, 6.07) is 0. The van der Waals surface area contributed by atoms with Crippen molar-refractivity contribution in [3.05, 3.63) is 4.88 Å². The molecule has 0 aliphatic carbocycles. The van der Waals surface area contributed by atoms with E-state index < -0.39 is 0 Å². The minimum Gasteiger partial charge on any atom is -0.382 e. The summed E-state index contributed by atoms with van der Waals surface area (Å²) in [5.74, 6) is 0.175. The van der Waals surface area contributed by atoms with Crippen molar-refractivity contribution < 1.29 is 4.79 Å². The first-order valence-electron chi connectivity index (χ1n) is 6.97. The number of carbonyl (C=O) groups excluding carboxylic acids is 1. The van der Waals surface area contributed by atoms with Gasteiger partial charge in [0.25, 0.3) is 5.91 Å². The van der Waals surface area contributed by atoms with E-state index in [0.717, 1.165) is 32.4 Å². The van der Waals surface area contributed by atoms with Crippen molar-refractivity contribution in [2.75, 3.05) is 44.8 Å². The Morgan fingerprint density at radius 2 is 2.10 bits per heavy atom. The van der Waals surface area contributed by atoms with Gasteiger partial charge in [-0.1, -0.05) is 18.3 Å². The molecule has 0 aromatic carbocycles. The van der Waals surface area contributed by atoms with E-state index in [9.17, 15) is 4.79 Å². The number of amides is 1. The maximum atomic E-state index is 12.0. The van der Waals surface area contributed by atoms with Crippen molar-refractivity contribution >= 4 is 28.2 Å². The number of thiazole rings is 1. The van der Waals surface area contributed by atoms with E-state index in [-0.39, 0.29) is 5.91 Å². The smallest absolute Gasteiger partial charge is 0.265 e. The molecular weight excluding hydrogens is 274 g/mol. The topological polar surface area (TPSA) is 83.3 Å². The molecule has 0 saturated heterocycles. The van der Waals surface area contributed by atoms with E-state index in [4.69, 9.17) is 5.73 Å². The van der Waals surface area contributed by atoms with Gasteiger partial charge in [-0.3, -0.25) is 4.79 Å². The van der Waals surface area contributed by atoms with Crippen LogP contribution in [0.1, 0.15) is 35.9 Å². The SMILES string of the molecule is CCCNc1nc(N)c(C(=O)NCCCCN(C)C)s1. The summed E-state index contributed by atoms with van der Waals surface area (Å²) in [6.07, 6.45) is 3.03. The zero-order valence-corrected chi connectivity index (χ0v) is 13.3. The fourth-order valence-corrected chi connectivity index (χ4v) is 2.46. The van der Waals surface area contributed by atoms with E-state index in [0.29, 0.717) is 22.4 Å². The fraction of sp³-hybridized carbons (Fsp3) is 0.692. The quantitative estimate of drug-likeness (QED) is 0.604. The van der Waals surface area contributed by atoms with E-state index in [2.05, 4.69) is 27.4 Å².